The predicted octanol–water partition coefficient (Wildman–Crippen LogP) is 6.83. The Balaban J connectivity index is 1.42. The first kappa shape index (κ1) is 32.6. The van der Waals surface area contributed by atoms with Crippen LogP contribution in [-0.2, 0) is 26.8 Å². The van der Waals surface area contributed by atoms with E-state index in [9.17, 15) is 25.9 Å². The molecule has 0 saturated heterocycles. The number of hydrogen-bond donors (Lipinski definition) is 2. The number of nitrogens with zero attached hydrogens (tertiary/aromatic N) is 2. The number of ether oxygens (including phenoxy) is 1. The maximum Gasteiger partial charge on any atom is 0.271 e. The number of rotatable bonds is 11. The minimum Gasteiger partial charge on any atom is -0.439 e. The Morgan fingerprint density at radius 1 is 0.809 bits per heavy atom. The molecule has 0 aliphatic carbocycles. The summed E-state index contributed by atoms with van der Waals surface area (Å²) in [6, 6.07) is 31.4. The quantitative estimate of drug-likeness (QED) is 0.114. The summed E-state index contributed by atoms with van der Waals surface area (Å²) in [5.41, 5.74) is 6.27. The molecule has 0 bridgehead atoms. The van der Waals surface area contributed by atoms with Gasteiger partial charge in [0, 0.05) is 24.8 Å². The van der Waals surface area contributed by atoms with Gasteiger partial charge in [-0.05, 0) is 52.4 Å². The van der Waals surface area contributed by atoms with Gasteiger partial charge in [0.25, 0.3) is 25.2 Å². The molecule has 6 rings (SSSR count). The predicted molar refractivity (Wildman–Crippen MR) is 186 cm³/mol. The third-order valence-corrected chi connectivity index (χ3v) is 10.4. The zero-order chi connectivity index (χ0) is 33.2. The van der Waals surface area contributed by atoms with Crippen LogP contribution in [0.15, 0.2) is 115 Å². The normalized spacial score (nSPS) is 14.5. The third-order valence-electron chi connectivity index (χ3n) is 7.85. The van der Waals surface area contributed by atoms with Crippen molar-refractivity contribution < 1.29 is 35.2 Å². The Kier molecular flexibility index (Phi) is 9.31. The first-order valence-electron chi connectivity index (χ1n) is 15.0. The molecule has 2 N–H and O–H groups in total. The van der Waals surface area contributed by atoms with Crippen LogP contribution in [0, 0.1) is 0 Å². The summed E-state index contributed by atoms with van der Waals surface area (Å²) >= 11 is 1.50. The average molecular weight is 690 g/mol. The highest BCUT2D eigenvalue weighted by atomic mass is 32.2. The summed E-state index contributed by atoms with van der Waals surface area (Å²) in [6.45, 7) is 1.98. The fourth-order valence-electron chi connectivity index (χ4n) is 5.47. The molecule has 0 fully saturated rings. The first-order valence-corrected chi connectivity index (χ1v) is 19.0. The Morgan fingerprint density at radius 2 is 1.43 bits per heavy atom. The van der Waals surface area contributed by atoms with E-state index in [0.717, 1.165) is 43.1 Å². The Morgan fingerprint density at radius 3 is 2.04 bits per heavy atom. The van der Waals surface area contributed by atoms with Gasteiger partial charge >= 0.3 is 0 Å². The highest BCUT2D eigenvalue weighted by Gasteiger charge is 2.29. The molecular formula is C35H33N2O7S3+. The first-order chi connectivity index (χ1) is 22.5. The van der Waals surface area contributed by atoms with Gasteiger partial charge in [-0.15, -0.1) is 0 Å². The minimum atomic E-state index is -4.26. The van der Waals surface area contributed by atoms with Crippen LogP contribution in [0.4, 0.5) is 5.69 Å². The number of aryl methyl sites for hydroxylation is 1. The van der Waals surface area contributed by atoms with E-state index >= 15 is 0 Å². The second-order valence-electron chi connectivity index (χ2n) is 11.1. The fourth-order valence-corrected chi connectivity index (χ4v) is 7.45. The van der Waals surface area contributed by atoms with Crippen molar-refractivity contribution in [2.75, 3.05) is 23.0 Å². The van der Waals surface area contributed by atoms with Crippen molar-refractivity contribution in [1.82, 2.24) is 0 Å². The van der Waals surface area contributed by atoms with E-state index in [1.807, 2.05) is 121 Å². The summed E-state index contributed by atoms with van der Waals surface area (Å²) < 4.78 is 75.4. The molecule has 0 saturated carbocycles. The number of hydrogen-bond acceptors (Lipinski definition) is 7. The number of aromatic nitrogens is 1. The molecule has 0 radical (unpaired) electrons. The van der Waals surface area contributed by atoms with Gasteiger partial charge in [-0.2, -0.15) is 21.4 Å². The molecule has 1 aromatic heterocycles. The summed E-state index contributed by atoms with van der Waals surface area (Å²) in [6.07, 6.45) is 4.36. The standard InChI is InChI=1S/C35H32N2O7S3/c1-2-25(21-34-36(17-19-46(38,39)40)30-23-28(13-15-32(30)44-34)26-9-5-3-6-10-26)22-35-37(18-20-47(41,42)43)31-24-29(14-16-33(31)45-35)27-11-7-4-8-12-27/h3-16,21-24H,2,17-20H2,1H3,(H-,38,39,40,41,42,43)/p+1. The van der Waals surface area contributed by atoms with E-state index in [2.05, 4.69) is 0 Å². The van der Waals surface area contributed by atoms with Crippen molar-refractivity contribution in [1.29, 1.82) is 0 Å². The number of benzene rings is 4. The molecule has 47 heavy (non-hydrogen) atoms. The molecule has 0 atom stereocenters. The van der Waals surface area contributed by atoms with Gasteiger partial charge in [-0.3, -0.25) is 9.11 Å². The Labute approximate surface area is 278 Å². The molecule has 12 heteroatoms. The van der Waals surface area contributed by atoms with Crippen LogP contribution >= 0.6 is 11.3 Å². The van der Waals surface area contributed by atoms with Gasteiger partial charge in [0.1, 0.15) is 10.5 Å². The zero-order valence-electron chi connectivity index (χ0n) is 25.5. The third kappa shape index (κ3) is 7.80. The second kappa shape index (κ2) is 13.4. The van der Waals surface area contributed by atoms with E-state index in [1.165, 1.54) is 11.3 Å². The van der Waals surface area contributed by atoms with Crippen LogP contribution in [0.3, 0.4) is 0 Å². The SMILES string of the molecule is CCC(=Cc1sc2ccc(-c3ccccc3)cc2[n+]1CCS(=O)(=O)O)C=C1Oc2ccc(-c3ccccc3)cc2N1CCS(=O)(=O)O. The van der Waals surface area contributed by atoms with E-state index in [4.69, 9.17) is 4.74 Å². The Bertz CT molecular complexity index is 2210. The monoisotopic (exact) mass is 689 g/mol. The molecule has 1 aliphatic heterocycles. The molecular weight excluding hydrogens is 657 g/mol. The lowest BCUT2D eigenvalue weighted by Crippen LogP contribution is -2.38. The molecule has 2 heterocycles. The highest BCUT2D eigenvalue weighted by Crippen LogP contribution is 2.42. The number of fused-ring (bicyclic) bond motifs is 2. The summed E-state index contributed by atoms with van der Waals surface area (Å²) in [7, 11) is -8.48. The lowest BCUT2D eigenvalue weighted by atomic mass is 10.0. The zero-order valence-corrected chi connectivity index (χ0v) is 27.9. The molecule has 0 unspecified atom stereocenters. The topological polar surface area (TPSA) is 125 Å². The molecule has 0 amide bonds. The Hall–Kier alpha value is -4.33. The summed E-state index contributed by atoms with van der Waals surface area (Å²) in [5, 5.41) is 0.772. The van der Waals surface area contributed by atoms with Crippen molar-refractivity contribution in [3.63, 3.8) is 0 Å². The molecule has 9 nitrogen and oxygen atoms in total. The van der Waals surface area contributed by atoms with Crippen molar-refractivity contribution >= 4 is 53.6 Å². The second-order valence-corrected chi connectivity index (χ2v) is 15.3. The van der Waals surface area contributed by atoms with E-state index in [1.54, 1.807) is 4.90 Å². The minimum absolute atomic E-state index is 0.0353. The number of thiazole rings is 1. The van der Waals surface area contributed by atoms with Gasteiger partial charge in [-0.25, -0.2) is 0 Å². The van der Waals surface area contributed by atoms with Gasteiger partial charge in [0.15, 0.2) is 12.3 Å². The summed E-state index contributed by atoms with van der Waals surface area (Å²) in [5.74, 6) is 0.0107. The molecule has 242 valence electrons. The molecule has 5 aromatic rings. The van der Waals surface area contributed by atoms with E-state index in [0.29, 0.717) is 23.7 Å². The lowest BCUT2D eigenvalue weighted by molar-refractivity contribution is -0.664. The molecule has 0 spiro atoms. The molecule has 4 aromatic carbocycles. The largest absolute Gasteiger partial charge is 0.439 e. The van der Waals surface area contributed by atoms with Crippen LogP contribution < -0.4 is 14.2 Å². The maximum atomic E-state index is 11.8. The lowest BCUT2D eigenvalue weighted by Gasteiger charge is -2.18. The van der Waals surface area contributed by atoms with Crippen LogP contribution in [0.1, 0.15) is 18.4 Å². The summed E-state index contributed by atoms with van der Waals surface area (Å²) in [4.78, 5) is 1.74. The van der Waals surface area contributed by atoms with E-state index in [-0.39, 0.29) is 13.1 Å². The maximum absolute atomic E-state index is 11.8. The smallest absolute Gasteiger partial charge is 0.271 e. The highest BCUT2D eigenvalue weighted by molar-refractivity contribution is 7.86. The van der Waals surface area contributed by atoms with Crippen LogP contribution in [-0.4, -0.2) is 44.0 Å². The fraction of sp³-hybridized carbons (Fsp3) is 0.171. The van der Waals surface area contributed by atoms with Gasteiger partial charge < -0.3 is 9.64 Å². The van der Waals surface area contributed by atoms with Gasteiger partial charge in [0.2, 0.25) is 11.4 Å². The van der Waals surface area contributed by atoms with Crippen molar-refractivity contribution in [2.45, 2.75) is 19.9 Å². The van der Waals surface area contributed by atoms with Crippen LogP contribution in [0.25, 0.3) is 38.5 Å². The average Bonchev–Trinajstić information content (AvgIpc) is 3.58. The number of anilines is 1. The van der Waals surface area contributed by atoms with E-state index < -0.39 is 31.7 Å². The van der Waals surface area contributed by atoms with Crippen LogP contribution in [0.2, 0.25) is 0 Å². The van der Waals surface area contributed by atoms with Crippen LogP contribution in [0.5, 0.6) is 5.75 Å². The number of allylic oxidation sites excluding steroid dienone is 2. The van der Waals surface area contributed by atoms with Gasteiger partial charge in [0.05, 0.1) is 11.4 Å². The van der Waals surface area contributed by atoms with Crippen molar-refractivity contribution in [3.05, 3.63) is 120 Å². The van der Waals surface area contributed by atoms with Crippen molar-refractivity contribution in [2.24, 2.45) is 0 Å². The molecule has 1 aliphatic rings. The van der Waals surface area contributed by atoms with Crippen molar-refractivity contribution in [3.8, 4) is 28.0 Å². The van der Waals surface area contributed by atoms with Gasteiger partial charge in [-0.1, -0.05) is 91.1 Å².